The van der Waals surface area contributed by atoms with E-state index in [0.717, 1.165) is 5.56 Å². The number of rotatable bonds is 6. The van der Waals surface area contributed by atoms with Crippen molar-refractivity contribution in [3.63, 3.8) is 0 Å². The lowest BCUT2D eigenvalue weighted by Gasteiger charge is -2.19. The Hall–Kier alpha value is -2.05. The molecule has 24 heavy (non-hydrogen) atoms. The Morgan fingerprint density at radius 1 is 1.33 bits per heavy atom. The lowest BCUT2D eigenvalue weighted by Crippen LogP contribution is -2.35. The maximum Gasteiger partial charge on any atom is 0.331 e. The molecule has 0 atom stereocenters. The van der Waals surface area contributed by atoms with Gasteiger partial charge in [0.1, 0.15) is 0 Å². The molecule has 1 aromatic heterocycles. The number of hydrogen-bond acceptors (Lipinski definition) is 3. The first-order valence-corrected chi connectivity index (χ1v) is 7.98. The van der Waals surface area contributed by atoms with Gasteiger partial charge in [0.15, 0.2) is 5.54 Å². The lowest BCUT2D eigenvalue weighted by molar-refractivity contribution is -0.146. The van der Waals surface area contributed by atoms with Gasteiger partial charge in [0.25, 0.3) is 0 Å². The summed E-state index contributed by atoms with van der Waals surface area (Å²) in [6, 6.07) is 5.14. The number of amides is 1. The van der Waals surface area contributed by atoms with Gasteiger partial charge in [-0.05, 0) is 38.0 Å². The highest BCUT2D eigenvalue weighted by Crippen LogP contribution is 2.22. The van der Waals surface area contributed by atoms with Crippen LogP contribution in [0.25, 0.3) is 0 Å². The summed E-state index contributed by atoms with van der Waals surface area (Å²) in [5.41, 5.74) is 0.0789. The number of aliphatic carboxylic acids is 1. The predicted molar refractivity (Wildman–Crippen MR) is 92.6 cm³/mol. The third kappa shape index (κ3) is 4.27. The number of anilines is 1. The number of hydrogen-bond donors (Lipinski definition) is 2. The predicted octanol–water partition coefficient (Wildman–Crippen LogP) is 3.58. The molecule has 0 saturated heterocycles. The molecule has 0 spiro atoms. The van der Waals surface area contributed by atoms with Gasteiger partial charge in [0.05, 0.1) is 11.9 Å². The van der Waals surface area contributed by atoms with Gasteiger partial charge in [-0.2, -0.15) is 5.10 Å². The minimum absolute atomic E-state index is 0.214. The topological polar surface area (TPSA) is 84.2 Å². The average molecular weight is 370 g/mol. The minimum atomic E-state index is -1.19. The maximum atomic E-state index is 12.0. The summed E-state index contributed by atoms with van der Waals surface area (Å²) in [5, 5.41) is 16.9. The van der Waals surface area contributed by atoms with Crippen molar-refractivity contribution in [2.75, 3.05) is 5.32 Å². The summed E-state index contributed by atoms with van der Waals surface area (Å²) in [7, 11) is 0. The van der Waals surface area contributed by atoms with Gasteiger partial charge >= 0.3 is 5.97 Å². The lowest BCUT2D eigenvalue weighted by atomic mass is 10.1. The molecule has 1 heterocycles. The largest absolute Gasteiger partial charge is 0.479 e. The molecule has 0 radical (unpaired) electrons. The van der Waals surface area contributed by atoms with E-state index in [9.17, 15) is 14.7 Å². The first kappa shape index (κ1) is 18.3. The van der Waals surface area contributed by atoms with Gasteiger partial charge < -0.3 is 10.4 Å². The summed E-state index contributed by atoms with van der Waals surface area (Å²) in [6.45, 7) is 3.05. The Kier molecular flexibility index (Phi) is 5.51. The molecule has 2 aromatic rings. The Morgan fingerprint density at radius 2 is 2.04 bits per heavy atom. The van der Waals surface area contributed by atoms with Crippen LogP contribution in [0.1, 0.15) is 25.8 Å². The Labute approximate surface area is 149 Å². The Balaban J connectivity index is 1.96. The fraction of sp³-hybridized carbons (Fsp3) is 0.312. The summed E-state index contributed by atoms with van der Waals surface area (Å²) >= 11 is 11.9. The summed E-state index contributed by atoms with van der Waals surface area (Å²) in [4.78, 5) is 23.2. The molecule has 2 rings (SSSR count). The van der Waals surface area contributed by atoms with Crippen LogP contribution < -0.4 is 5.32 Å². The molecule has 0 aliphatic carbocycles. The molecule has 0 fully saturated rings. The van der Waals surface area contributed by atoms with Crippen LogP contribution in [-0.4, -0.2) is 26.8 Å². The summed E-state index contributed by atoms with van der Waals surface area (Å²) in [5.74, 6) is -1.23. The zero-order valence-electron chi connectivity index (χ0n) is 13.2. The fourth-order valence-corrected chi connectivity index (χ4v) is 2.49. The molecule has 0 saturated carbocycles. The second-order valence-corrected chi connectivity index (χ2v) is 6.67. The van der Waals surface area contributed by atoms with Crippen LogP contribution in [0, 0.1) is 0 Å². The number of aryl methyl sites for hydroxylation is 1. The molecule has 1 aromatic carbocycles. The van der Waals surface area contributed by atoms with Crippen LogP contribution >= 0.6 is 23.2 Å². The van der Waals surface area contributed by atoms with Gasteiger partial charge in [-0.15, -0.1) is 0 Å². The van der Waals surface area contributed by atoms with Crippen LogP contribution in [0.5, 0.6) is 0 Å². The van der Waals surface area contributed by atoms with Gasteiger partial charge in [0.2, 0.25) is 5.91 Å². The third-order valence-corrected chi connectivity index (χ3v) is 4.19. The van der Waals surface area contributed by atoms with Crippen LogP contribution in [0.2, 0.25) is 10.0 Å². The van der Waals surface area contributed by atoms with E-state index in [1.54, 1.807) is 18.2 Å². The summed E-state index contributed by atoms with van der Waals surface area (Å²) < 4.78 is 1.29. The second-order valence-electron chi connectivity index (χ2n) is 5.82. The SMILES string of the molecule is CC(C)(C(=O)O)n1cc(NC(=O)CCc2ccc(Cl)cc2Cl)cn1. The number of nitrogens with zero attached hydrogens (tertiary/aromatic N) is 2. The van der Waals surface area contributed by atoms with Gasteiger partial charge in [-0.25, -0.2) is 4.79 Å². The number of benzene rings is 1. The van der Waals surface area contributed by atoms with E-state index >= 15 is 0 Å². The van der Waals surface area contributed by atoms with E-state index < -0.39 is 11.5 Å². The van der Waals surface area contributed by atoms with Crippen molar-refractivity contribution in [2.24, 2.45) is 0 Å². The molecule has 2 N–H and O–H groups in total. The highest BCUT2D eigenvalue weighted by molar-refractivity contribution is 6.35. The molecule has 0 aliphatic heterocycles. The molecule has 0 bridgehead atoms. The van der Waals surface area contributed by atoms with Crippen molar-refractivity contribution < 1.29 is 14.7 Å². The van der Waals surface area contributed by atoms with Crippen molar-refractivity contribution in [3.05, 3.63) is 46.2 Å². The monoisotopic (exact) mass is 369 g/mol. The molecule has 6 nitrogen and oxygen atoms in total. The van der Waals surface area contributed by atoms with Crippen LogP contribution in [-0.2, 0) is 21.5 Å². The van der Waals surface area contributed by atoms with Gasteiger partial charge in [-0.1, -0.05) is 29.3 Å². The highest BCUT2D eigenvalue weighted by Gasteiger charge is 2.30. The van der Waals surface area contributed by atoms with Crippen LogP contribution in [0.4, 0.5) is 5.69 Å². The van der Waals surface area contributed by atoms with Crippen molar-refractivity contribution in [1.82, 2.24) is 9.78 Å². The molecule has 1 amide bonds. The Bertz CT molecular complexity index is 772. The standard InChI is InChI=1S/C16H17Cl2N3O3/c1-16(2,15(23)24)21-9-12(8-19-21)20-14(22)6-4-10-3-5-11(17)7-13(10)18/h3,5,7-9H,4,6H2,1-2H3,(H,20,22)(H,23,24). The van der Waals surface area contributed by atoms with E-state index in [-0.39, 0.29) is 12.3 Å². The van der Waals surface area contributed by atoms with E-state index in [4.69, 9.17) is 23.2 Å². The molecule has 128 valence electrons. The second kappa shape index (κ2) is 7.23. The van der Waals surface area contributed by atoms with E-state index in [0.29, 0.717) is 22.2 Å². The van der Waals surface area contributed by atoms with Gasteiger partial charge in [-0.3, -0.25) is 9.48 Å². The van der Waals surface area contributed by atoms with E-state index in [1.165, 1.54) is 30.9 Å². The number of aromatic nitrogens is 2. The van der Waals surface area contributed by atoms with Crippen molar-refractivity contribution in [3.8, 4) is 0 Å². The number of halogens is 2. The van der Waals surface area contributed by atoms with Crippen LogP contribution in [0.15, 0.2) is 30.6 Å². The number of carboxylic acid groups (broad SMARTS) is 1. The first-order chi connectivity index (χ1) is 11.2. The smallest absolute Gasteiger partial charge is 0.331 e. The number of carbonyl (C=O) groups excluding carboxylic acids is 1. The number of nitrogens with one attached hydrogen (secondary N) is 1. The molecular formula is C16H17Cl2N3O3. The molecule has 0 unspecified atom stereocenters. The normalized spacial score (nSPS) is 11.3. The number of carboxylic acids is 1. The highest BCUT2D eigenvalue weighted by atomic mass is 35.5. The van der Waals surface area contributed by atoms with E-state index in [2.05, 4.69) is 10.4 Å². The quantitative estimate of drug-likeness (QED) is 0.814. The van der Waals surface area contributed by atoms with Crippen molar-refractivity contribution in [2.45, 2.75) is 32.2 Å². The Morgan fingerprint density at radius 3 is 2.67 bits per heavy atom. The molecule has 0 aliphatic rings. The molecule has 8 heteroatoms. The van der Waals surface area contributed by atoms with Crippen LogP contribution in [0.3, 0.4) is 0 Å². The minimum Gasteiger partial charge on any atom is -0.479 e. The fourth-order valence-electron chi connectivity index (χ4n) is 1.99. The zero-order valence-corrected chi connectivity index (χ0v) is 14.7. The average Bonchev–Trinajstić information content (AvgIpc) is 2.95. The number of carbonyl (C=O) groups is 2. The molecular weight excluding hydrogens is 353 g/mol. The third-order valence-electron chi connectivity index (χ3n) is 3.60. The first-order valence-electron chi connectivity index (χ1n) is 7.22. The van der Waals surface area contributed by atoms with Crippen molar-refractivity contribution in [1.29, 1.82) is 0 Å². The zero-order chi connectivity index (χ0) is 17.9. The van der Waals surface area contributed by atoms with E-state index in [1.807, 2.05) is 0 Å². The maximum absolute atomic E-state index is 12.0. The van der Waals surface area contributed by atoms with Crippen molar-refractivity contribution >= 4 is 40.8 Å². The van der Waals surface area contributed by atoms with Gasteiger partial charge in [0, 0.05) is 22.7 Å². The summed E-state index contributed by atoms with van der Waals surface area (Å²) in [6.07, 6.45) is 3.60.